The molecule has 2 heterocycles. The molecule has 1 unspecified atom stereocenters. The highest BCUT2D eigenvalue weighted by Gasteiger charge is 2.36. The van der Waals surface area contributed by atoms with Crippen molar-refractivity contribution in [1.29, 1.82) is 0 Å². The van der Waals surface area contributed by atoms with Crippen LogP contribution in [0, 0.1) is 0 Å². The first-order valence-electron chi connectivity index (χ1n) is 7.90. The van der Waals surface area contributed by atoms with Gasteiger partial charge in [-0.15, -0.1) is 0 Å². The zero-order chi connectivity index (χ0) is 15.5. The second kappa shape index (κ2) is 6.34. The van der Waals surface area contributed by atoms with Crippen LogP contribution < -0.4 is 10.9 Å². The van der Waals surface area contributed by atoms with Crippen molar-refractivity contribution >= 4 is 11.8 Å². The van der Waals surface area contributed by atoms with Crippen molar-refractivity contribution in [2.45, 2.75) is 50.7 Å². The number of likely N-dealkylation sites (tertiary alicyclic amines) is 1. The van der Waals surface area contributed by atoms with Crippen molar-refractivity contribution in [2.24, 2.45) is 0 Å². The number of carbonyl (C=O) groups excluding carboxylic acids is 2. The molecule has 1 aromatic heterocycles. The van der Waals surface area contributed by atoms with Gasteiger partial charge in [-0.05, 0) is 31.7 Å². The summed E-state index contributed by atoms with van der Waals surface area (Å²) >= 11 is 0. The molecule has 1 atom stereocenters. The Morgan fingerprint density at radius 1 is 1.23 bits per heavy atom. The number of aromatic nitrogens is 1. The first-order chi connectivity index (χ1) is 10.6. The first-order valence-corrected chi connectivity index (χ1v) is 7.90. The Balaban J connectivity index is 1.57. The largest absolute Gasteiger partial charge is 0.352 e. The van der Waals surface area contributed by atoms with Gasteiger partial charge in [0.15, 0.2) is 0 Å². The molecular weight excluding hydrogens is 282 g/mol. The number of nitrogens with zero attached hydrogens (tertiary/aromatic N) is 2. The standard InChI is InChI=1S/C16H21N3O3/c20-14-5-1-2-9-18(14)11-8-15(21)19-10-3-4-13(19)16(22)17-12-6-7-12/h1-2,5,9,12-13H,3-4,6-8,10-11H2,(H,17,22). The molecule has 0 spiro atoms. The summed E-state index contributed by atoms with van der Waals surface area (Å²) in [6.45, 7) is 0.983. The lowest BCUT2D eigenvalue weighted by Crippen LogP contribution is -2.46. The van der Waals surface area contributed by atoms with E-state index in [0.29, 0.717) is 19.1 Å². The fraction of sp³-hybridized carbons (Fsp3) is 0.562. The van der Waals surface area contributed by atoms with E-state index in [0.717, 1.165) is 25.7 Å². The molecule has 1 N–H and O–H groups in total. The van der Waals surface area contributed by atoms with Crippen molar-refractivity contribution in [3.63, 3.8) is 0 Å². The molecule has 2 fully saturated rings. The van der Waals surface area contributed by atoms with Crippen LogP contribution in [-0.2, 0) is 16.1 Å². The summed E-state index contributed by atoms with van der Waals surface area (Å²) in [6, 6.07) is 4.91. The van der Waals surface area contributed by atoms with Crippen LogP contribution >= 0.6 is 0 Å². The normalized spacial score (nSPS) is 20.9. The summed E-state index contributed by atoms with van der Waals surface area (Å²) in [5.74, 6) is -0.0746. The molecule has 3 rings (SSSR count). The smallest absolute Gasteiger partial charge is 0.250 e. The maximum atomic E-state index is 12.4. The first kappa shape index (κ1) is 14.8. The van der Waals surface area contributed by atoms with Gasteiger partial charge in [0.25, 0.3) is 5.56 Å². The van der Waals surface area contributed by atoms with Crippen molar-refractivity contribution in [2.75, 3.05) is 6.54 Å². The van der Waals surface area contributed by atoms with Gasteiger partial charge in [0.05, 0.1) is 0 Å². The molecule has 6 heteroatoms. The van der Waals surface area contributed by atoms with Crippen molar-refractivity contribution < 1.29 is 9.59 Å². The lowest BCUT2D eigenvalue weighted by Gasteiger charge is -2.24. The number of carbonyl (C=O) groups is 2. The molecule has 0 bridgehead atoms. The summed E-state index contributed by atoms with van der Waals surface area (Å²) in [5, 5.41) is 2.98. The topological polar surface area (TPSA) is 71.4 Å². The maximum absolute atomic E-state index is 12.4. The lowest BCUT2D eigenvalue weighted by atomic mass is 10.2. The van der Waals surface area contributed by atoms with Gasteiger partial charge in [0.1, 0.15) is 6.04 Å². The predicted molar refractivity (Wildman–Crippen MR) is 81.2 cm³/mol. The predicted octanol–water partition coefficient (Wildman–Crippen LogP) is 0.508. The van der Waals surface area contributed by atoms with Gasteiger partial charge in [0.2, 0.25) is 11.8 Å². The molecule has 2 aliphatic rings. The number of hydrogen-bond donors (Lipinski definition) is 1. The van der Waals surface area contributed by atoms with Crippen molar-refractivity contribution in [3.8, 4) is 0 Å². The van der Waals surface area contributed by atoms with Crippen LogP contribution in [-0.4, -0.2) is 39.9 Å². The highest BCUT2D eigenvalue weighted by molar-refractivity contribution is 5.88. The van der Waals surface area contributed by atoms with E-state index in [9.17, 15) is 14.4 Å². The molecule has 0 aromatic carbocycles. The monoisotopic (exact) mass is 303 g/mol. The number of nitrogens with one attached hydrogen (secondary N) is 1. The molecule has 1 saturated carbocycles. The Morgan fingerprint density at radius 2 is 2.05 bits per heavy atom. The zero-order valence-electron chi connectivity index (χ0n) is 12.5. The van der Waals surface area contributed by atoms with E-state index in [2.05, 4.69) is 5.32 Å². The number of rotatable bonds is 5. The fourth-order valence-electron chi connectivity index (χ4n) is 2.87. The van der Waals surface area contributed by atoms with E-state index in [-0.39, 0.29) is 29.8 Å². The van der Waals surface area contributed by atoms with Crippen molar-refractivity contribution in [1.82, 2.24) is 14.8 Å². The maximum Gasteiger partial charge on any atom is 0.250 e. The van der Waals surface area contributed by atoms with Gasteiger partial charge in [0, 0.05) is 37.8 Å². The second-order valence-electron chi connectivity index (χ2n) is 6.01. The second-order valence-corrected chi connectivity index (χ2v) is 6.01. The third kappa shape index (κ3) is 3.37. The van der Waals surface area contributed by atoms with E-state index < -0.39 is 0 Å². The lowest BCUT2D eigenvalue weighted by molar-refractivity contribution is -0.138. The number of aryl methyl sites for hydroxylation is 1. The number of hydrogen-bond acceptors (Lipinski definition) is 3. The minimum Gasteiger partial charge on any atom is -0.352 e. The minimum atomic E-state index is -0.333. The van der Waals surface area contributed by atoms with Crippen LogP contribution in [0.1, 0.15) is 32.1 Å². The molecule has 118 valence electrons. The van der Waals surface area contributed by atoms with Crippen molar-refractivity contribution in [3.05, 3.63) is 34.7 Å². The van der Waals surface area contributed by atoms with E-state index in [4.69, 9.17) is 0 Å². The van der Waals surface area contributed by atoms with E-state index in [1.807, 2.05) is 0 Å². The average molecular weight is 303 g/mol. The third-order valence-corrected chi connectivity index (χ3v) is 4.27. The van der Waals surface area contributed by atoms with Gasteiger partial charge in [-0.1, -0.05) is 6.07 Å². The van der Waals surface area contributed by atoms with Crippen LogP contribution in [0.15, 0.2) is 29.2 Å². The average Bonchev–Trinajstić information content (AvgIpc) is 3.18. The van der Waals surface area contributed by atoms with Crippen LogP contribution in [0.3, 0.4) is 0 Å². The van der Waals surface area contributed by atoms with Gasteiger partial charge in [-0.25, -0.2) is 0 Å². The minimum absolute atomic E-state index is 0.0229. The summed E-state index contributed by atoms with van der Waals surface area (Å²) in [7, 11) is 0. The SMILES string of the molecule is O=C(NC1CC1)C1CCCN1C(=O)CCn1ccccc1=O. The summed E-state index contributed by atoms with van der Waals surface area (Å²) < 4.78 is 1.52. The molecule has 2 amide bonds. The zero-order valence-corrected chi connectivity index (χ0v) is 12.5. The van der Waals surface area contributed by atoms with Crippen LogP contribution in [0.25, 0.3) is 0 Å². The summed E-state index contributed by atoms with van der Waals surface area (Å²) in [5.41, 5.74) is -0.111. The Labute approximate surface area is 129 Å². The van der Waals surface area contributed by atoms with Gasteiger partial charge in [-0.3, -0.25) is 14.4 Å². The Kier molecular flexibility index (Phi) is 4.27. The molecule has 0 radical (unpaired) electrons. The Hall–Kier alpha value is -2.11. The number of pyridine rings is 1. The van der Waals surface area contributed by atoms with E-state index in [1.165, 1.54) is 10.6 Å². The molecular formula is C16H21N3O3. The Bertz CT molecular complexity index is 621. The Morgan fingerprint density at radius 3 is 2.77 bits per heavy atom. The van der Waals surface area contributed by atoms with E-state index in [1.54, 1.807) is 23.2 Å². The highest BCUT2D eigenvalue weighted by Crippen LogP contribution is 2.22. The molecule has 6 nitrogen and oxygen atoms in total. The van der Waals surface area contributed by atoms with Gasteiger partial charge < -0.3 is 14.8 Å². The highest BCUT2D eigenvalue weighted by atomic mass is 16.2. The quantitative estimate of drug-likeness (QED) is 0.861. The van der Waals surface area contributed by atoms with Crippen LogP contribution in [0.2, 0.25) is 0 Å². The third-order valence-electron chi connectivity index (χ3n) is 4.27. The molecule has 22 heavy (non-hydrogen) atoms. The van der Waals surface area contributed by atoms with Gasteiger partial charge >= 0.3 is 0 Å². The molecule has 1 aromatic rings. The number of amides is 2. The van der Waals surface area contributed by atoms with Gasteiger partial charge in [-0.2, -0.15) is 0 Å². The van der Waals surface area contributed by atoms with E-state index >= 15 is 0 Å². The molecule has 1 aliphatic heterocycles. The molecule has 1 saturated heterocycles. The molecule has 1 aliphatic carbocycles. The summed E-state index contributed by atoms with van der Waals surface area (Å²) in [4.78, 5) is 37.9. The van der Waals surface area contributed by atoms with Crippen LogP contribution in [0.4, 0.5) is 0 Å². The summed E-state index contributed by atoms with van der Waals surface area (Å²) in [6.07, 6.45) is 5.61. The van der Waals surface area contributed by atoms with Crippen LogP contribution in [0.5, 0.6) is 0 Å². The fourth-order valence-corrected chi connectivity index (χ4v) is 2.87.